The number of anilines is 1. The Morgan fingerprint density at radius 1 is 1.20 bits per heavy atom. The highest BCUT2D eigenvalue weighted by Gasteiger charge is 2.22. The lowest BCUT2D eigenvalue weighted by molar-refractivity contribution is 0.0827. The van der Waals surface area contributed by atoms with E-state index in [1.807, 2.05) is 13.0 Å². The van der Waals surface area contributed by atoms with Crippen LogP contribution >= 0.6 is 0 Å². The lowest BCUT2D eigenvalue weighted by Gasteiger charge is -2.32. The van der Waals surface area contributed by atoms with Crippen molar-refractivity contribution in [1.82, 2.24) is 19.9 Å². The number of hydrogen-bond donors (Lipinski definition) is 0. The zero-order chi connectivity index (χ0) is 17.8. The van der Waals surface area contributed by atoms with Gasteiger partial charge in [0.1, 0.15) is 17.7 Å². The van der Waals surface area contributed by atoms with Crippen molar-refractivity contribution in [3.63, 3.8) is 0 Å². The zero-order valence-electron chi connectivity index (χ0n) is 14.8. The van der Waals surface area contributed by atoms with Gasteiger partial charge in [0.25, 0.3) is 5.91 Å². The molecule has 0 radical (unpaired) electrons. The van der Waals surface area contributed by atoms with E-state index in [1.165, 1.54) is 4.90 Å². The van der Waals surface area contributed by atoms with Crippen molar-refractivity contribution in [2.24, 2.45) is 0 Å². The molecule has 132 valence electrons. The fourth-order valence-electron chi connectivity index (χ4n) is 2.83. The van der Waals surface area contributed by atoms with Gasteiger partial charge < -0.3 is 14.5 Å². The number of hydrogen-bond acceptors (Lipinski definition) is 6. The average Bonchev–Trinajstić information content (AvgIpc) is 2.62. The predicted molar refractivity (Wildman–Crippen MR) is 94.9 cm³/mol. The van der Waals surface area contributed by atoms with Crippen LogP contribution in [0, 0.1) is 6.92 Å². The molecular weight excluding hydrogens is 318 g/mol. The third-order valence-corrected chi connectivity index (χ3v) is 4.20. The summed E-state index contributed by atoms with van der Waals surface area (Å²) >= 11 is 0. The molecule has 3 heterocycles. The quantitative estimate of drug-likeness (QED) is 0.846. The van der Waals surface area contributed by atoms with E-state index >= 15 is 0 Å². The van der Waals surface area contributed by atoms with E-state index in [9.17, 15) is 4.79 Å². The topological polar surface area (TPSA) is 71.5 Å². The molecule has 1 aliphatic rings. The lowest BCUT2D eigenvalue weighted by Crippen LogP contribution is -2.38. The molecular formula is C18H23N5O2. The van der Waals surface area contributed by atoms with E-state index in [0.717, 1.165) is 37.6 Å². The molecule has 1 fully saturated rings. The van der Waals surface area contributed by atoms with Gasteiger partial charge in [-0.3, -0.25) is 4.79 Å². The highest BCUT2D eigenvalue weighted by atomic mass is 16.5. The number of aryl methyl sites for hydroxylation is 1. The molecule has 0 saturated carbocycles. The van der Waals surface area contributed by atoms with E-state index < -0.39 is 0 Å². The number of rotatable bonds is 4. The van der Waals surface area contributed by atoms with Crippen molar-refractivity contribution in [3.8, 4) is 5.88 Å². The van der Waals surface area contributed by atoms with Gasteiger partial charge in [-0.2, -0.15) is 0 Å². The van der Waals surface area contributed by atoms with E-state index in [-0.39, 0.29) is 12.0 Å². The van der Waals surface area contributed by atoms with Crippen LogP contribution in [0.3, 0.4) is 0 Å². The molecule has 7 heteroatoms. The number of piperidine rings is 1. The number of nitrogens with zero attached hydrogens (tertiary/aromatic N) is 5. The van der Waals surface area contributed by atoms with Gasteiger partial charge in [0.2, 0.25) is 5.88 Å². The third-order valence-electron chi connectivity index (χ3n) is 4.20. The Balaban J connectivity index is 1.54. The van der Waals surface area contributed by atoms with Crippen LogP contribution in [0.5, 0.6) is 5.88 Å². The molecule has 0 spiro atoms. The van der Waals surface area contributed by atoms with Crippen LogP contribution in [0.1, 0.15) is 29.0 Å². The van der Waals surface area contributed by atoms with Crippen molar-refractivity contribution in [1.29, 1.82) is 0 Å². The third kappa shape index (κ3) is 4.23. The average molecular weight is 341 g/mol. The van der Waals surface area contributed by atoms with E-state index in [4.69, 9.17) is 4.74 Å². The van der Waals surface area contributed by atoms with Crippen LogP contribution in [0.4, 0.5) is 5.82 Å². The monoisotopic (exact) mass is 341 g/mol. The van der Waals surface area contributed by atoms with Crippen molar-refractivity contribution in [2.75, 3.05) is 32.1 Å². The molecule has 1 aliphatic heterocycles. The Morgan fingerprint density at radius 3 is 2.56 bits per heavy atom. The van der Waals surface area contributed by atoms with Gasteiger partial charge in [-0.05, 0) is 19.1 Å². The van der Waals surface area contributed by atoms with Crippen LogP contribution in [0.25, 0.3) is 0 Å². The van der Waals surface area contributed by atoms with Gasteiger partial charge in [-0.25, -0.2) is 15.0 Å². The second kappa shape index (κ2) is 7.46. The van der Waals surface area contributed by atoms with E-state index in [0.29, 0.717) is 11.4 Å². The fourth-order valence-corrected chi connectivity index (χ4v) is 2.83. The minimum Gasteiger partial charge on any atom is -0.474 e. The number of carbonyl (C=O) groups excluding carboxylic acids is 1. The summed E-state index contributed by atoms with van der Waals surface area (Å²) in [6.07, 6.45) is 5.30. The first-order valence-corrected chi connectivity index (χ1v) is 8.42. The van der Waals surface area contributed by atoms with Crippen LogP contribution in [0.2, 0.25) is 0 Å². The molecule has 0 atom stereocenters. The number of ether oxygens (including phenoxy) is 1. The van der Waals surface area contributed by atoms with Crippen LogP contribution < -0.4 is 9.64 Å². The number of carbonyl (C=O) groups is 1. The summed E-state index contributed by atoms with van der Waals surface area (Å²) in [6.45, 7) is 3.67. The largest absolute Gasteiger partial charge is 0.474 e. The Labute approximate surface area is 147 Å². The molecule has 3 rings (SSSR count). The first kappa shape index (κ1) is 17.1. The zero-order valence-corrected chi connectivity index (χ0v) is 14.8. The molecule has 1 amide bonds. The Kier molecular flexibility index (Phi) is 5.11. The van der Waals surface area contributed by atoms with Gasteiger partial charge in [-0.15, -0.1) is 0 Å². The van der Waals surface area contributed by atoms with Crippen molar-refractivity contribution >= 4 is 11.7 Å². The first-order chi connectivity index (χ1) is 12.0. The second-order valence-electron chi connectivity index (χ2n) is 6.35. The standard InChI is InChI=1S/C18H23N5O2/c1-13-19-9-6-16(21-13)23-10-7-15(8-11-23)25-17-5-4-14(12-20-17)18(24)22(2)3/h4-6,9,12,15H,7-8,10-11H2,1-3H3. The minimum atomic E-state index is -0.0625. The summed E-state index contributed by atoms with van der Waals surface area (Å²) in [5.74, 6) is 2.25. The Hall–Kier alpha value is -2.70. The van der Waals surface area contributed by atoms with E-state index in [1.54, 1.807) is 38.6 Å². The SMILES string of the molecule is Cc1nccc(N2CCC(Oc3ccc(C(=O)N(C)C)cn3)CC2)n1. The maximum absolute atomic E-state index is 11.9. The Bertz CT molecular complexity index is 725. The molecule has 2 aromatic rings. The molecule has 0 unspecified atom stereocenters. The highest BCUT2D eigenvalue weighted by molar-refractivity contribution is 5.93. The summed E-state index contributed by atoms with van der Waals surface area (Å²) in [5, 5.41) is 0. The van der Waals surface area contributed by atoms with Gasteiger partial charge in [0.05, 0.1) is 5.56 Å². The smallest absolute Gasteiger partial charge is 0.254 e. The molecule has 25 heavy (non-hydrogen) atoms. The molecule has 0 bridgehead atoms. The maximum atomic E-state index is 11.9. The van der Waals surface area contributed by atoms with Crippen LogP contribution in [-0.2, 0) is 0 Å². The van der Waals surface area contributed by atoms with Gasteiger partial charge in [0, 0.05) is 58.5 Å². The predicted octanol–water partition coefficient (Wildman–Crippen LogP) is 1.93. The number of aromatic nitrogens is 3. The highest BCUT2D eigenvalue weighted by Crippen LogP contribution is 2.21. The summed E-state index contributed by atoms with van der Waals surface area (Å²) in [6, 6.07) is 5.45. The summed E-state index contributed by atoms with van der Waals surface area (Å²) in [5.41, 5.74) is 0.561. The number of amides is 1. The second-order valence-corrected chi connectivity index (χ2v) is 6.35. The van der Waals surface area contributed by atoms with Gasteiger partial charge in [-0.1, -0.05) is 0 Å². The van der Waals surface area contributed by atoms with E-state index in [2.05, 4.69) is 19.9 Å². The normalized spacial score (nSPS) is 15.1. The van der Waals surface area contributed by atoms with Crippen LogP contribution in [0.15, 0.2) is 30.6 Å². The molecule has 0 N–H and O–H groups in total. The minimum absolute atomic E-state index is 0.0625. The lowest BCUT2D eigenvalue weighted by atomic mass is 10.1. The van der Waals surface area contributed by atoms with Crippen molar-refractivity contribution in [3.05, 3.63) is 42.0 Å². The molecule has 2 aromatic heterocycles. The van der Waals surface area contributed by atoms with Gasteiger partial charge in [0.15, 0.2) is 0 Å². The first-order valence-electron chi connectivity index (χ1n) is 8.42. The molecule has 0 aliphatic carbocycles. The molecule has 1 saturated heterocycles. The molecule has 0 aromatic carbocycles. The van der Waals surface area contributed by atoms with Crippen molar-refractivity contribution < 1.29 is 9.53 Å². The van der Waals surface area contributed by atoms with Gasteiger partial charge >= 0.3 is 0 Å². The Morgan fingerprint density at radius 2 is 1.96 bits per heavy atom. The maximum Gasteiger partial charge on any atom is 0.254 e. The fraction of sp³-hybridized carbons (Fsp3) is 0.444. The summed E-state index contributed by atoms with van der Waals surface area (Å²) in [4.78, 5) is 28.5. The van der Waals surface area contributed by atoms with Crippen molar-refractivity contribution in [2.45, 2.75) is 25.9 Å². The number of pyridine rings is 1. The van der Waals surface area contributed by atoms with Crippen LogP contribution in [-0.4, -0.2) is 59.0 Å². The summed E-state index contributed by atoms with van der Waals surface area (Å²) in [7, 11) is 3.44. The summed E-state index contributed by atoms with van der Waals surface area (Å²) < 4.78 is 5.96. The molecule has 7 nitrogen and oxygen atoms in total.